The second-order valence-corrected chi connectivity index (χ2v) is 6.22. The number of carbonyl (C=O) groups is 1. The molecule has 5 nitrogen and oxygen atoms in total. The van der Waals surface area contributed by atoms with Crippen molar-refractivity contribution < 1.29 is 4.79 Å². The summed E-state index contributed by atoms with van der Waals surface area (Å²) in [6, 6.07) is 3.46. The number of hydrogen-bond acceptors (Lipinski definition) is 3. The Morgan fingerprint density at radius 3 is 2.80 bits per heavy atom. The smallest absolute Gasteiger partial charge is 0.237 e. The molecule has 2 aromatic rings. The van der Waals surface area contributed by atoms with Gasteiger partial charge in [-0.25, -0.2) is 4.98 Å². The van der Waals surface area contributed by atoms with Gasteiger partial charge in [0, 0.05) is 12.4 Å². The van der Waals surface area contributed by atoms with Gasteiger partial charge in [-0.1, -0.05) is 26.8 Å². The topological polar surface area (TPSA) is 72.4 Å². The molecule has 0 aliphatic rings. The van der Waals surface area contributed by atoms with Crippen molar-refractivity contribution in [2.24, 2.45) is 11.1 Å². The van der Waals surface area contributed by atoms with Crippen LogP contribution in [0.2, 0.25) is 0 Å². The quantitative estimate of drug-likeness (QED) is 0.893. The molecule has 0 bridgehead atoms. The zero-order chi connectivity index (χ0) is 14.9. The molecule has 2 heterocycles. The molecule has 0 saturated heterocycles. The minimum atomic E-state index is -0.527. The highest BCUT2D eigenvalue weighted by atomic mass is 16.2. The molecule has 1 amide bonds. The Morgan fingerprint density at radius 2 is 2.20 bits per heavy atom. The number of aryl methyl sites for hydroxylation is 1. The van der Waals surface area contributed by atoms with E-state index >= 15 is 0 Å². The van der Waals surface area contributed by atoms with Crippen molar-refractivity contribution in [3.05, 3.63) is 35.8 Å². The Hall–Kier alpha value is -1.88. The highest BCUT2D eigenvalue weighted by molar-refractivity contribution is 5.82. The Balaban J connectivity index is 2.06. The Labute approximate surface area is 119 Å². The SMILES string of the molecule is Cc1cccn2cc(CNC(=O)[C@@H](N)C(C)(C)C)nc12. The first kappa shape index (κ1) is 14.5. The third kappa shape index (κ3) is 2.99. The molecule has 108 valence electrons. The van der Waals surface area contributed by atoms with Crippen LogP contribution < -0.4 is 11.1 Å². The number of rotatable bonds is 3. The second-order valence-electron chi connectivity index (χ2n) is 6.22. The molecule has 20 heavy (non-hydrogen) atoms. The van der Waals surface area contributed by atoms with E-state index in [1.54, 1.807) is 0 Å². The van der Waals surface area contributed by atoms with Crippen LogP contribution in [-0.2, 0) is 11.3 Å². The van der Waals surface area contributed by atoms with Crippen LogP contribution in [0.4, 0.5) is 0 Å². The Kier molecular flexibility index (Phi) is 3.81. The van der Waals surface area contributed by atoms with Gasteiger partial charge in [-0.15, -0.1) is 0 Å². The van der Waals surface area contributed by atoms with Crippen molar-refractivity contribution >= 4 is 11.6 Å². The van der Waals surface area contributed by atoms with Gasteiger partial charge in [0.15, 0.2) is 0 Å². The monoisotopic (exact) mass is 274 g/mol. The van der Waals surface area contributed by atoms with E-state index in [-0.39, 0.29) is 11.3 Å². The van der Waals surface area contributed by atoms with E-state index in [9.17, 15) is 4.79 Å². The molecule has 2 rings (SSSR count). The first-order valence-corrected chi connectivity index (χ1v) is 6.75. The van der Waals surface area contributed by atoms with Gasteiger partial charge in [-0.2, -0.15) is 0 Å². The maximum Gasteiger partial charge on any atom is 0.237 e. The number of amides is 1. The number of hydrogen-bond donors (Lipinski definition) is 2. The molecular weight excluding hydrogens is 252 g/mol. The van der Waals surface area contributed by atoms with Crippen molar-refractivity contribution in [1.29, 1.82) is 0 Å². The molecule has 0 aliphatic heterocycles. The summed E-state index contributed by atoms with van der Waals surface area (Å²) in [4.78, 5) is 16.5. The van der Waals surface area contributed by atoms with Crippen LogP contribution in [-0.4, -0.2) is 21.3 Å². The van der Waals surface area contributed by atoms with Gasteiger partial charge >= 0.3 is 0 Å². The van der Waals surface area contributed by atoms with Crippen molar-refractivity contribution in [2.75, 3.05) is 0 Å². The van der Waals surface area contributed by atoms with Crippen molar-refractivity contribution in [3.63, 3.8) is 0 Å². The average Bonchev–Trinajstić information content (AvgIpc) is 2.78. The zero-order valence-electron chi connectivity index (χ0n) is 12.5. The molecular formula is C15H22N4O. The lowest BCUT2D eigenvalue weighted by molar-refractivity contribution is -0.124. The van der Waals surface area contributed by atoms with Gasteiger partial charge in [0.1, 0.15) is 5.65 Å². The van der Waals surface area contributed by atoms with Crippen LogP contribution >= 0.6 is 0 Å². The second kappa shape index (κ2) is 5.25. The molecule has 3 N–H and O–H groups in total. The van der Waals surface area contributed by atoms with E-state index in [0.717, 1.165) is 16.9 Å². The van der Waals surface area contributed by atoms with Crippen LogP contribution in [0.25, 0.3) is 5.65 Å². The minimum absolute atomic E-state index is 0.147. The lowest BCUT2D eigenvalue weighted by Gasteiger charge is -2.25. The van der Waals surface area contributed by atoms with E-state index in [0.29, 0.717) is 6.54 Å². The summed E-state index contributed by atoms with van der Waals surface area (Å²) in [6.07, 6.45) is 3.87. The molecule has 0 aliphatic carbocycles. The fraction of sp³-hybridized carbons (Fsp3) is 0.467. The fourth-order valence-electron chi connectivity index (χ4n) is 1.97. The van der Waals surface area contributed by atoms with Gasteiger partial charge < -0.3 is 15.5 Å². The number of nitrogens with one attached hydrogen (secondary N) is 1. The predicted molar refractivity (Wildman–Crippen MR) is 79.2 cm³/mol. The third-order valence-corrected chi connectivity index (χ3v) is 3.39. The molecule has 1 atom stereocenters. The van der Waals surface area contributed by atoms with Gasteiger partial charge in [-0.05, 0) is 24.0 Å². The molecule has 0 saturated carbocycles. The summed E-state index contributed by atoms with van der Waals surface area (Å²) in [6.45, 7) is 8.26. The number of nitrogens with two attached hydrogens (primary N) is 1. The van der Waals surface area contributed by atoms with E-state index < -0.39 is 6.04 Å². The number of imidazole rings is 1. The van der Waals surface area contributed by atoms with Crippen LogP contribution in [0.3, 0.4) is 0 Å². The van der Waals surface area contributed by atoms with Crippen LogP contribution in [0.1, 0.15) is 32.0 Å². The van der Waals surface area contributed by atoms with Gasteiger partial charge in [-0.3, -0.25) is 4.79 Å². The average molecular weight is 274 g/mol. The maximum absolute atomic E-state index is 12.0. The van der Waals surface area contributed by atoms with Crippen LogP contribution in [0.15, 0.2) is 24.5 Å². The van der Waals surface area contributed by atoms with Gasteiger partial charge in [0.2, 0.25) is 5.91 Å². The number of carbonyl (C=O) groups excluding carboxylic acids is 1. The van der Waals surface area contributed by atoms with E-state index in [2.05, 4.69) is 10.3 Å². The molecule has 0 radical (unpaired) electrons. The standard InChI is InChI=1S/C15H22N4O/c1-10-6-5-7-19-9-11(18-13(10)19)8-17-14(20)12(16)15(2,3)4/h5-7,9,12H,8,16H2,1-4H3,(H,17,20)/t12-/m1/s1. The van der Waals surface area contributed by atoms with E-state index in [1.165, 1.54) is 0 Å². The summed E-state index contributed by atoms with van der Waals surface area (Å²) >= 11 is 0. The number of pyridine rings is 1. The first-order chi connectivity index (χ1) is 9.29. The van der Waals surface area contributed by atoms with Crippen LogP contribution in [0, 0.1) is 12.3 Å². The lowest BCUT2D eigenvalue weighted by atomic mass is 9.87. The van der Waals surface area contributed by atoms with Gasteiger partial charge in [0.25, 0.3) is 0 Å². The normalized spacial score (nSPS) is 13.4. The molecule has 0 fully saturated rings. The minimum Gasteiger partial charge on any atom is -0.349 e. The third-order valence-electron chi connectivity index (χ3n) is 3.39. The highest BCUT2D eigenvalue weighted by Crippen LogP contribution is 2.17. The van der Waals surface area contributed by atoms with E-state index in [1.807, 2.05) is 56.6 Å². The van der Waals surface area contributed by atoms with Crippen molar-refractivity contribution in [1.82, 2.24) is 14.7 Å². The number of aromatic nitrogens is 2. The highest BCUT2D eigenvalue weighted by Gasteiger charge is 2.27. The largest absolute Gasteiger partial charge is 0.349 e. The van der Waals surface area contributed by atoms with Crippen LogP contribution in [0.5, 0.6) is 0 Å². The number of fused-ring (bicyclic) bond motifs is 1. The molecule has 2 aromatic heterocycles. The summed E-state index contributed by atoms with van der Waals surface area (Å²) in [7, 11) is 0. The van der Waals surface area contributed by atoms with E-state index in [4.69, 9.17) is 5.73 Å². The number of nitrogens with zero attached hydrogens (tertiary/aromatic N) is 2. The van der Waals surface area contributed by atoms with Gasteiger partial charge in [0.05, 0.1) is 18.3 Å². The summed E-state index contributed by atoms with van der Waals surface area (Å²) in [5, 5.41) is 2.85. The first-order valence-electron chi connectivity index (χ1n) is 6.75. The summed E-state index contributed by atoms with van der Waals surface area (Å²) in [5.41, 5.74) is 8.52. The molecule has 0 unspecified atom stereocenters. The Morgan fingerprint density at radius 1 is 1.50 bits per heavy atom. The fourth-order valence-corrected chi connectivity index (χ4v) is 1.97. The summed E-state index contributed by atoms with van der Waals surface area (Å²) < 4.78 is 1.96. The summed E-state index contributed by atoms with van der Waals surface area (Å²) in [5.74, 6) is -0.147. The van der Waals surface area contributed by atoms with Crippen molar-refractivity contribution in [2.45, 2.75) is 40.3 Å². The zero-order valence-corrected chi connectivity index (χ0v) is 12.5. The molecule has 5 heteroatoms. The maximum atomic E-state index is 12.0. The predicted octanol–water partition coefficient (Wildman–Crippen LogP) is 1.63. The Bertz CT molecular complexity index is 624. The lowest BCUT2D eigenvalue weighted by Crippen LogP contribution is -2.48. The van der Waals surface area contributed by atoms with Crippen molar-refractivity contribution in [3.8, 4) is 0 Å². The molecule has 0 spiro atoms. The molecule has 0 aromatic carbocycles.